The van der Waals surface area contributed by atoms with Crippen LogP contribution in [0.25, 0.3) is 21.9 Å². The molecule has 0 N–H and O–H groups in total. The lowest BCUT2D eigenvalue weighted by molar-refractivity contribution is -0.630. The second-order valence-electron chi connectivity index (χ2n) is 7.91. The normalized spacial score (nSPS) is 15.0. The summed E-state index contributed by atoms with van der Waals surface area (Å²) in [6.07, 6.45) is 2.14. The Balaban J connectivity index is 1.59. The molecule has 0 saturated heterocycles. The lowest BCUT2D eigenvalue weighted by Crippen LogP contribution is -2.33. The summed E-state index contributed by atoms with van der Waals surface area (Å²) in [5.41, 5.74) is 6.29. The van der Waals surface area contributed by atoms with Crippen molar-refractivity contribution < 1.29 is 4.57 Å². The molecule has 1 unspecified atom stereocenters. The molecule has 0 radical (unpaired) electrons. The zero-order chi connectivity index (χ0) is 20.6. The zero-order valence-corrected chi connectivity index (χ0v) is 17.1. The molecule has 2 heterocycles. The van der Waals surface area contributed by atoms with E-state index in [0.717, 1.165) is 0 Å². The highest BCUT2D eigenvalue weighted by Crippen LogP contribution is 2.42. The van der Waals surface area contributed by atoms with E-state index in [1.165, 1.54) is 38.8 Å². The highest BCUT2D eigenvalue weighted by atomic mass is 15.3. The lowest BCUT2D eigenvalue weighted by Gasteiger charge is -2.29. The Morgan fingerprint density at radius 3 is 2.32 bits per heavy atom. The first-order valence-corrected chi connectivity index (χ1v) is 10.7. The van der Waals surface area contributed by atoms with Gasteiger partial charge < -0.3 is 9.47 Å². The Morgan fingerprint density at radius 2 is 1.39 bits per heavy atom. The van der Waals surface area contributed by atoms with Gasteiger partial charge in [-0.1, -0.05) is 109 Å². The van der Waals surface area contributed by atoms with Crippen LogP contribution in [0.2, 0.25) is 0 Å². The number of hydrogen-bond acceptors (Lipinski definition) is 1. The van der Waals surface area contributed by atoms with E-state index in [2.05, 4.69) is 138 Å². The Hall–Kier alpha value is -4.04. The van der Waals surface area contributed by atoms with E-state index < -0.39 is 0 Å². The fourth-order valence-electron chi connectivity index (χ4n) is 4.71. The summed E-state index contributed by atoms with van der Waals surface area (Å²) in [5, 5.41) is 2.52. The molecule has 1 aliphatic heterocycles. The summed E-state index contributed by atoms with van der Waals surface area (Å²) in [4.78, 5) is 2.42. The predicted octanol–water partition coefficient (Wildman–Crippen LogP) is 6.37. The minimum absolute atomic E-state index is 0.0865. The van der Waals surface area contributed by atoms with Crippen molar-refractivity contribution >= 4 is 16.5 Å². The zero-order valence-electron chi connectivity index (χ0n) is 17.1. The van der Waals surface area contributed by atoms with E-state index in [4.69, 9.17) is 0 Å². The molecule has 1 aliphatic rings. The quantitative estimate of drug-likeness (QED) is 0.253. The van der Waals surface area contributed by atoms with E-state index in [1.54, 1.807) is 0 Å². The van der Waals surface area contributed by atoms with Crippen molar-refractivity contribution in [1.82, 2.24) is 0 Å². The minimum atomic E-state index is 0.0865. The third-order valence-electron chi connectivity index (χ3n) is 6.11. The SMILES string of the molecule is c1ccc(-c2ccccc2C2c3cccc[n+]3[CH-]N2c2cccc3ccccc23)cc1. The van der Waals surface area contributed by atoms with Crippen molar-refractivity contribution in [2.45, 2.75) is 6.04 Å². The maximum atomic E-state index is 2.42. The van der Waals surface area contributed by atoms with Gasteiger partial charge in [-0.15, -0.1) is 0 Å². The van der Waals surface area contributed by atoms with Crippen LogP contribution in [-0.4, -0.2) is 0 Å². The summed E-state index contributed by atoms with van der Waals surface area (Å²) in [5.74, 6) is 0. The molecule has 2 heteroatoms. The van der Waals surface area contributed by atoms with Crippen LogP contribution in [0.3, 0.4) is 0 Å². The highest BCUT2D eigenvalue weighted by molar-refractivity contribution is 5.95. The van der Waals surface area contributed by atoms with Crippen molar-refractivity contribution in [2.75, 3.05) is 4.90 Å². The molecular weight excluding hydrogens is 376 g/mol. The molecule has 148 valence electrons. The van der Waals surface area contributed by atoms with Crippen LogP contribution in [0.15, 0.2) is 121 Å². The van der Waals surface area contributed by atoms with Crippen LogP contribution in [0, 0.1) is 6.67 Å². The Bertz CT molecular complexity index is 1370. The van der Waals surface area contributed by atoms with Gasteiger partial charge in [-0.25, -0.2) is 0 Å². The van der Waals surface area contributed by atoms with E-state index in [-0.39, 0.29) is 6.04 Å². The Kier molecular flexibility index (Phi) is 4.21. The number of benzene rings is 4. The fraction of sp³-hybridized carbons (Fsp3) is 0.0345. The molecule has 0 spiro atoms. The molecule has 0 saturated carbocycles. The smallest absolute Gasteiger partial charge is 0.145 e. The molecule has 1 atom stereocenters. The first-order chi connectivity index (χ1) is 15.4. The molecule has 6 rings (SSSR count). The monoisotopic (exact) mass is 398 g/mol. The average molecular weight is 399 g/mol. The largest absolute Gasteiger partial charge is 0.341 e. The van der Waals surface area contributed by atoms with Crippen LogP contribution in [0.5, 0.6) is 0 Å². The first kappa shape index (κ1) is 17.8. The van der Waals surface area contributed by atoms with Gasteiger partial charge in [-0.3, -0.25) is 0 Å². The van der Waals surface area contributed by atoms with E-state index in [0.29, 0.717) is 0 Å². The number of hydrogen-bond donors (Lipinski definition) is 0. The molecule has 0 amide bonds. The Morgan fingerprint density at radius 1 is 0.645 bits per heavy atom. The average Bonchev–Trinajstić information content (AvgIpc) is 3.23. The summed E-state index contributed by atoms with van der Waals surface area (Å²) in [6, 6.07) is 41.2. The maximum Gasteiger partial charge on any atom is 0.145 e. The van der Waals surface area contributed by atoms with Crippen LogP contribution >= 0.6 is 0 Å². The molecule has 0 fully saturated rings. The molecule has 1 aromatic heterocycles. The second-order valence-corrected chi connectivity index (χ2v) is 7.91. The fourth-order valence-corrected chi connectivity index (χ4v) is 4.71. The van der Waals surface area contributed by atoms with Gasteiger partial charge in [0.2, 0.25) is 0 Å². The number of pyridine rings is 1. The summed E-state index contributed by atoms with van der Waals surface area (Å²) >= 11 is 0. The van der Waals surface area contributed by atoms with Crippen molar-refractivity contribution in [3.63, 3.8) is 0 Å². The number of rotatable bonds is 3. The van der Waals surface area contributed by atoms with Crippen LogP contribution < -0.4 is 9.47 Å². The predicted molar refractivity (Wildman–Crippen MR) is 126 cm³/mol. The molecule has 31 heavy (non-hydrogen) atoms. The van der Waals surface area contributed by atoms with Crippen molar-refractivity contribution in [3.05, 3.63) is 139 Å². The number of anilines is 1. The number of nitrogens with zero attached hydrogens (tertiary/aromatic N) is 2. The Labute approximate surface area is 182 Å². The summed E-state index contributed by atoms with van der Waals surface area (Å²) < 4.78 is 2.24. The third-order valence-corrected chi connectivity index (χ3v) is 6.11. The third kappa shape index (κ3) is 2.96. The molecule has 0 aliphatic carbocycles. The van der Waals surface area contributed by atoms with Gasteiger partial charge in [0.05, 0.1) is 12.2 Å². The summed E-state index contributed by atoms with van der Waals surface area (Å²) in [7, 11) is 0. The van der Waals surface area contributed by atoms with Crippen molar-refractivity contribution in [2.24, 2.45) is 0 Å². The first-order valence-electron chi connectivity index (χ1n) is 10.7. The molecular formula is C29H22N2. The number of fused-ring (bicyclic) bond motifs is 2. The van der Waals surface area contributed by atoms with Gasteiger partial charge in [0.25, 0.3) is 0 Å². The van der Waals surface area contributed by atoms with E-state index in [9.17, 15) is 0 Å². The van der Waals surface area contributed by atoms with Crippen molar-refractivity contribution in [1.29, 1.82) is 0 Å². The standard InChI is InChI=1S/C29H22N2/c1-2-11-22(12-3-1)24-15-6-7-17-26(24)29-28-18-8-9-20-30(28)21-31(29)27-19-10-14-23-13-4-5-16-25(23)27/h1-21,29H. The van der Waals surface area contributed by atoms with Gasteiger partial charge in [0, 0.05) is 11.1 Å². The maximum absolute atomic E-state index is 2.42. The number of aromatic nitrogens is 1. The highest BCUT2D eigenvalue weighted by Gasteiger charge is 2.34. The van der Waals surface area contributed by atoms with E-state index >= 15 is 0 Å². The summed E-state index contributed by atoms with van der Waals surface area (Å²) in [6.45, 7) is 2.23. The van der Waals surface area contributed by atoms with E-state index in [1.807, 2.05) is 0 Å². The molecule has 0 bridgehead atoms. The topological polar surface area (TPSA) is 7.12 Å². The van der Waals surface area contributed by atoms with Crippen molar-refractivity contribution in [3.8, 4) is 11.1 Å². The lowest BCUT2D eigenvalue weighted by atomic mass is 9.92. The van der Waals surface area contributed by atoms with Gasteiger partial charge in [-0.05, 0) is 28.1 Å². The molecule has 2 nitrogen and oxygen atoms in total. The van der Waals surface area contributed by atoms with Crippen LogP contribution in [0.1, 0.15) is 17.3 Å². The van der Waals surface area contributed by atoms with Gasteiger partial charge in [0.15, 0.2) is 0 Å². The molecule has 4 aromatic carbocycles. The second kappa shape index (κ2) is 7.33. The minimum Gasteiger partial charge on any atom is -0.341 e. The van der Waals surface area contributed by atoms with Crippen LogP contribution in [-0.2, 0) is 0 Å². The van der Waals surface area contributed by atoms with Gasteiger partial charge in [0.1, 0.15) is 12.4 Å². The van der Waals surface area contributed by atoms with Gasteiger partial charge in [-0.2, -0.15) is 0 Å². The van der Waals surface area contributed by atoms with Crippen LogP contribution in [0.4, 0.5) is 5.69 Å². The van der Waals surface area contributed by atoms with Gasteiger partial charge >= 0.3 is 0 Å². The molecule has 5 aromatic rings.